The minimum Gasteiger partial charge on any atom is -0.347 e. The molecule has 1 fully saturated rings. The van der Waals surface area contributed by atoms with Crippen LogP contribution in [0.5, 0.6) is 0 Å². The fraction of sp³-hybridized carbons (Fsp3) is 0.500. The van der Waals surface area contributed by atoms with Crippen LogP contribution in [0.4, 0.5) is 4.79 Å². The van der Waals surface area contributed by atoms with Crippen molar-refractivity contribution in [3.05, 3.63) is 36.5 Å². The monoisotopic (exact) mass is 314 g/mol. The van der Waals surface area contributed by atoms with Crippen molar-refractivity contribution in [2.45, 2.75) is 31.8 Å². The molecule has 2 N–H and O–H groups in total. The Balaban J connectivity index is 1.37. The predicted octanol–water partition coefficient (Wildman–Crippen LogP) is 2.42. The Morgan fingerprint density at radius 2 is 2.00 bits per heavy atom. The first-order valence-electron chi connectivity index (χ1n) is 8.49. The van der Waals surface area contributed by atoms with Gasteiger partial charge in [-0.05, 0) is 56.9 Å². The third-order valence-electron chi connectivity index (χ3n) is 4.60. The molecule has 1 aliphatic heterocycles. The average Bonchev–Trinajstić information content (AvgIpc) is 2.97. The quantitative estimate of drug-likeness (QED) is 0.833. The van der Waals surface area contributed by atoms with E-state index in [1.165, 1.54) is 10.9 Å². The normalized spacial score (nSPS) is 16.6. The van der Waals surface area contributed by atoms with E-state index in [2.05, 4.69) is 63.7 Å². The second kappa shape index (κ2) is 7.51. The number of aromatic nitrogens is 1. The summed E-state index contributed by atoms with van der Waals surface area (Å²) in [4.78, 5) is 14.2. The predicted molar refractivity (Wildman–Crippen MR) is 93.6 cm³/mol. The number of amides is 2. The van der Waals surface area contributed by atoms with Crippen molar-refractivity contribution in [1.29, 1.82) is 0 Å². The van der Waals surface area contributed by atoms with Gasteiger partial charge in [0.25, 0.3) is 0 Å². The van der Waals surface area contributed by atoms with E-state index in [-0.39, 0.29) is 6.03 Å². The van der Waals surface area contributed by atoms with Crippen LogP contribution in [0.25, 0.3) is 10.9 Å². The molecule has 0 atom stereocenters. The molecule has 124 valence electrons. The molecular weight excluding hydrogens is 288 g/mol. The third-order valence-corrected chi connectivity index (χ3v) is 4.60. The van der Waals surface area contributed by atoms with E-state index in [0.717, 1.165) is 38.9 Å². The number of para-hydroxylation sites is 1. The molecule has 0 radical (unpaired) electrons. The highest BCUT2D eigenvalue weighted by atomic mass is 16.2. The lowest BCUT2D eigenvalue weighted by Crippen LogP contribution is -2.47. The number of nitrogens with zero attached hydrogens (tertiary/aromatic N) is 2. The maximum Gasteiger partial charge on any atom is 0.315 e. The summed E-state index contributed by atoms with van der Waals surface area (Å²) in [6, 6.07) is 10.8. The zero-order valence-corrected chi connectivity index (χ0v) is 13.8. The zero-order chi connectivity index (χ0) is 16.1. The molecule has 1 aromatic heterocycles. The van der Waals surface area contributed by atoms with Crippen LogP contribution in [0.15, 0.2) is 36.5 Å². The Kier molecular flexibility index (Phi) is 5.18. The van der Waals surface area contributed by atoms with Gasteiger partial charge in [0, 0.05) is 30.8 Å². The molecule has 1 aliphatic rings. The number of piperidine rings is 1. The summed E-state index contributed by atoms with van der Waals surface area (Å²) in [6.45, 7) is 3.74. The van der Waals surface area contributed by atoms with Gasteiger partial charge in [-0.1, -0.05) is 18.2 Å². The van der Waals surface area contributed by atoms with Crippen molar-refractivity contribution in [1.82, 2.24) is 20.1 Å². The molecule has 2 aromatic rings. The molecule has 23 heavy (non-hydrogen) atoms. The van der Waals surface area contributed by atoms with Gasteiger partial charge < -0.3 is 20.1 Å². The molecule has 0 bridgehead atoms. The molecule has 1 aromatic carbocycles. The van der Waals surface area contributed by atoms with Gasteiger partial charge in [0.1, 0.15) is 0 Å². The van der Waals surface area contributed by atoms with E-state index in [1.54, 1.807) is 0 Å². The molecule has 1 saturated heterocycles. The van der Waals surface area contributed by atoms with Crippen LogP contribution in [0, 0.1) is 0 Å². The second-order valence-corrected chi connectivity index (χ2v) is 6.40. The van der Waals surface area contributed by atoms with E-state index in [9.17, 15) is 4.79 Å². The highest BCUT2D eigenvalue weighted by molar-refractivity contribution is 5.79. The lowest BCUT2D eigenvalue weighted by molar-refractivity contribution is 0.214. The molecule has 5 nitrogen and oxygen atoms in total. The lowest BCUT2D eigenvalue weighted by Gasteiger charge is -2.29. The molecule has 3 rings (SSSR count). The van der Waals surface area contributed by atoms with Crippen molar-refractivity contribution in [3.63, 3.8) is 0 Å². The summed E-state index contributed by atoms with van der Waals surface area (Å²) in [6.07, 6.45) is 5.13. The first-order valence-corrected chi connectivity index (χ1v) is 8.49. The van der Waals surface area contributed by atoms with Crippen molar-refractivity contribution < 1.29 is 4.79 Å². The third kappa shape index (κ3) is 4.26. The molecule has 0 saturated carbocycles. The largest absolute Gasteiger partial charge is 0.347 e. The number of benzene rings is 1. The Labute approximate surface area is 137 Å². The van der Waals surface area contributed by atoms with E-state index in [4.69, 9.17) is 0 Å². The Bertz CT molecular complexity index is 643. The van der Waals surface area contributed by atoms with Gasteiger partial charge >= 0.3 is 6.03 Å². The van der Waals surface area contributed by atoms with Crippen LogP contribution in [0.2, 0.25) is 0 Å². The van der Waals surface area contributed by atoms with E-state index in [1.807, 2.05) is 0 Å². The number of hydrogen-bond acceptors (Lipinski definition) is 2. The summed E-state index contributed by atoms with van der Waals surface area (Å²) in [5, 5.41) is 7.32. The lowest BCUT2D eigenvalue weighted by atomic mass is 10.1. The number of carbonyl (C=O) groups excluding carboxylic acids is 1. The maximum atomic E-state index is 11.9. The minimum atomic E-state index is -0.0306. The SMILES string of the molecule is CN1CCC(NC(=O)NCCCn2ccc3ccccc32)CC1. The number of fused-ring (bicyclic) bond motifs is 1. The van der Waals surface area contributed by atoms with Crippen molar-refractivity contribution in [2.75, 3.05) is 26.7 Å². The Morgan fingerprint density at radius 1 is 1.22 bits per heavy atom. The number of urea groups is 1. The first kappa shape index (κ1) is 15.9. The van der Waals surface area contributed by atoms with Crippen LogP contribution < -0.4 is 10.6 Å². The summed E-state index contributed by atoms with van der Waals surface area (Å²) in [5.74, 6) is 0. The van der Waals surface area contributed by atoms with Crippen LogP contribution in [-0.2, 0) is 6.54 Å². The topological polar surface area (TPSA) is 49.3 Å². The van der Waals surface area contributed by atoms with E-state index in [0.29, 0.717) is 12.6 Å². The number of likely N-dealkylation sites (tertiary alicyclic amines) is 1. The van der Waals surface area contributed by atoms with Crippen LogP contribution in [0.3, 0.4) is 0 Å². The number of hydrogen-bond donors (Lipinski definition) is 2. The van der Waals surface area contributed by atoms with Crippen molar-refractivity contribution in [2.24, 2.45) is 0 Å². The fourth-order valence-corrected chi connectivity index (χ4v) is 3.18. The highest BCUT2D eigenvalue weighted by Gasteiger charge is 2.17. The summed E-state index contributed by atoms with van der Waals surface area (Å²) in [7, 11) is 2.13. The summed E-state index contributed by atoms with van der Waals surface area (Å²) < 4.78 is 2.24. The standard InChI is InChI=1S/C18H26N4O/c1-21-12-8-16(9-13-21)20-18(23)19-10-4-11-22-14-7-15-5-2-3-6-17(15)22/h2-3,5-7,14,16H,4,8-13H2,1H3,(H2,19,20,23). The highest BCUT2D eigenvalue weighted by Crippen LogP contribution is 2.15. The Morgan fingerprint density at radius 3 is 2.83 bits per heavy atom. The first-order chi connectivity index (χ1) is 11.2. The number of aryl methyl sites for hydroxylation is 1. The molecular formula is C18H26N4O. The van der Waals surface area contributed by atoms with Gasteiger partial charge in [-0.2, -0.15) is 0 Å². The molecule has 2 amide bonds. The smallest absolute Gasteiger partial charge is 0.315 e. The van der Waals surface area contributed by atoms with Gasteiger partial charge in [-0.3, -0.25) is 0 Å². The van der Waals surface area contributed by atoms with E-state index < -0.39 is 0 Å². The van der Waals surface area contributed by atoms with Crippen LogP contribution >= 0.6 is 0 Å². The summed E-state index contributed by atoms with van der Waals surface area (Å²) in [5.41, 5.74) is 1.25. The van der Waals surface area contributed by atoms with Gasteiger partial charge in [-0.15, -0.1) is 0 Å². The molecule has 5 heteroatoms. The Hall–Kier alpha value is -2.01. The number of nitrogens with one attached hydrogen (secondary N) is 2. The van der Waals surface area contributed by atoms with Crippen molar-refractivity contribution in [3.8, 4) is 0 Å². The van der Waals surface area contributed by atoms with Crippen LogP contribution in [-0.4, -0.2) is 48.2 Å². The fourth-order valence-electron chi connectivity index (χ4n) is 3.18. The van der Waals surface area contributed by atoms with Gasteiger partial charge in [0.05, 0.1) is 0 Å². The minimum absolute atomic E-state index is 0.0306. The molecule has 0 spiro atoms. The molecule has 2 heterocycles. The molecule has 0 unspecified atom stereocenters. The maximum absolute atomic E-state index is 11.9. The van der Waals surface area contributed by atoms with Gasteiger partial charge in [-0.25, -0.2) is 4.79 Å². The van der Waals surface area contributed by atoms with Crippen LogP contribution in [0.1, 0.15) is 19.3 Å². The number of carbonyl (C=O) groups is 1. The summed E-state index contributed by atoms with van der Waals surface area (Å²) >= 11 is 0. The van der Waals surface area contributed by atoms with Gasteiger partial charge in [0.2, 0.25) is 0 Å². The van der Waals surface area contributed by atoms with E-state index >= 15 is 0 Å². The number of rotatable bonds is 5. The van der Waals surface area contributed by atoms with Crippen molar-refractivity contribution >= 4 is 16.9 Å². The van der Waals surface area contributed by atoms with Gasteiger partial charge in [0.15, 0.2) is 0 Å². The molecule has 0 aliphatic carbocycles. The zero-order valence-electron chi connectivity index (χ0n) is 13.8. The second-order valence-electron chi connectivity index (χ2n) is 6.40. The average molecular weight is 314 g/mol.